The number of nitrogens with zero attached hydrogens (tertiary/aromatic N) is 2. The molecule has 0 radical (unpaired) electrons. The van der Waals surface area contributed by atoms with Gasteiger partial charge in [-0.05, 0) is 111 Å². The van der Waals surface area contributed by atoms with Gasteiger partial charge in [0.1, 0.15) is 0 Å². The average molecular weight is 516 g/mol. The van der Waals surface area contributed by atoms with Crippen molar-refractivity contribution in [3.05, 3.63) is 123 Å². The Morgan fingerprint density at radius 2 is 1.67 bits per heavy atom. The molecule has 1 aromatic heterocycles. The minimum atomic E-state index is 0.724. The zero-order valence-electron chi connectivity index (χ0n) is 21.5. The van der Waals surface area contributed by atoms with Crippen LogP contribution in [0, 0.1) is 27.7 Å². The van der Waals surface area contributed by atoms with Gasteiger partial charge < -0.3 is 14.8 Å². The van der Waals surface area contributed by atoms with Gasteiger partial charge in [0.2, 0.25) is 0 Å². The van der Waals surface area contributed by atoms with Gasteiger partial charge in [0.25, 0.3) is 0 Å². The monoisotopic (exact) mass is 515 g/mol. The summed E-state index contributed by atoms with van der Waals surface area (Å²) in [4.78, 5) is 2.26. The second-order valence-corrected chi connectivity index (χ2v) is 10.4. The van der Waals surface area contributed by atoms with E-state index < -0.39 is 0 Å². The average Bonchev–Trinajstić information content (AvgIpc) is 3.28. The van der Waals surface area contributed by atoms with Crippen molar-refractivity contribution in [3.8, 4) is 0 Å². The minimum absolute atomic E-state index is 0.724. The predicted octanol–water partition coefficient (Wildman–Crippen LogP) is 7.87. The Hall–Kier alpha value is -3.08. The molecule has 0 amide bonds. The summed E-state index contributed by atoms with van der Waals surface area (Å²) < 4.78 is 2.32. The molecule has 0 fully saturated rings. The van der Waals surface area contributed by atoms with Crippen molar-refractivity contribution in [3.63, 3.8) is 0 Å². The van der Waals surface area contributed by atoms with Crippen LogP contribution in [0.15, 0.2) is 79.0 Å². The summed E-state index contributed by atoms with van der Waals surface area (Å²) >= 11 is 12.0. The van der Waals surface area contributed by atoms with Gasteiger partial charge in [0.05, 0.1) is 6.54 Å². The molecule has 5 heteroatoms. The van der Waals surface area contributed by atoms with Crippen molar-refractivity contribution in [2.75, 3.05) is 11.9 Å². The van der Waals surface area contributed by atoms with Crippen molar-refractivity contribution >= 4 is 34.6 Å². The summed E-state index contributed by atoms with van der Waals surface area (Å²) in [6.07, 6.45) is 3.04. The van der Waals surface area contributed by atoms with E-state index in [9.17, 15) is 0 Å². The number of hydrogen-bond acceptors (Lipinski definition) is 1. The lowest BCUT2D eigenvalue weighted by Gasteiger charge is -2.27. The standard InChI is InChI=1S/C31H34ClN3S/c1-22-7-11-27(25(4)18-22)20-34-16-5-6-30(34)21-35(17-15-26-9-12-28(32)13-10-26)31(36)33-29-14-8-23(2)24(3)19-29/h5-14,16,18-19H,15,17,20-21H2,1-4H3,(H,33,36). The molecule has 0 unspecified atom stereocenters. The molecular formula is C31H34ClN3S. The van der Waals surface area contributed by atoms with E-state index in [1.807, 2.05) is 12.1 Å². The Morgan fingerprint density at radius 1 is 0.889 bits per heavy atom. The van der Waals surface area contributed by atoms with Gasteiger partial charge >= 0.3 is 0 Å². The van der Waals surface area contributed by atoms with Crippen LogP contribution >= 0.6 is 23.8 Å². The van der Waals surface area contributed by atoms with Gasteiger partial charge in [-0.2, -0.15) is 0 Å². The van der Waals surface area contributed by atoms with Gasteiger partial charge in [0.15, 0.2) is 5.11 Å². The molecule has 3 aromatic carbocycles. The lowest BCUT2D eigenvalue weighted by molar-refractivity contribution is 0.409. The maximum atomic E-state index is 6.09. The molecule has 1 N–H and O–H groups in total. The zero-order valence-corrected chi connectivity index (χ0v) is 23.1. The van der Waals surface area contributed by atoms with Gasteiger partial charge in [-0.3, -0.25) is 0 Å². The molecule has 0 saturated carbocycles. The Morgan fingerprint density at radius 3 is 2.39 bits per heavy atom. The number of aromatic nitrogens is 1. The lowest BCUT2D eigenvalue weighted by atomic mass is 10.1. The first-order valence-corrected chi connectivity index (χ1v) is 13.1. The Labute approximate surface area is 225 Å². The number of rotatable bonds is 8. The molecule has 0 aliphatic carbocycles. The maximum absolute atomic E-state index is 6.09. The maximum Gasteiger partial charge on any atom is 0.173 e. The highest BCUT2D eigenvalue weighted by Gasteiger charge is 2.14. The van der Waals surface area contributed by atoms with Gasteiger partial charge in [0, 0.05) is 35.7 Å². The van der Waals surface area contributed by atoms with Crippen LogP contribution in [0.25, 0.3) is 0 Å². The van der Waals surface area contributed by atoms with Crippen LogP contribution in [0.3, 0.4) is 0 Å². The van der Waals surface area contributed by atoms with Gasteiger partial charge in [-0.15, -0.1) is 0 Å². The fourth-order valence-corrected chi connectivity index (χ4v) is 4.74. The summed E-state index contributed by atoms with van der Waals surface area (Å²) in [6, 6.07) is 25.4. The van der Waals surface area contributed by atoms with E-state index in [2.05, 4.69) is 109 Å². The summed E-state index contributed by atoms with van der Waals surface area (Å²) in [5.41, 5.74) is 9.96. The number of aryl methyl sites for hydroxylation is 4. The Balaban J connectivity index is 1.54. The van der Waals surface area contributed by atoms with E-state index in [1.165, 1.54) is 39.1 Å². The molecule has 0 atom stereocenters. The first-order chi connectivity index (χ1) is 17.3. The minimum Gasteiger partial charge on any atom is -0.345 e. The van der Waals surface area contributed by atoms with E-state index in [0.717, 1.165) is 41.9 Å². The van der Waals surface area contributed by atoms with Crippen molar-refractivity contribution in [2.24, 2.45) is 0 Å². The van der Waals surface area contributed by atoms with Crippen molar-refractivity contribution in [2.45, 2.75) is 47.2 Å². The highest BCUT2D eigenvalue weighted by Crippen LogP contribution is 2.19. The summed E-state index contributed by atoms with van der Waals surface area (Å²) in [7, 11) is 0. The van der Waals surface area contributed by atoms with Crippen LogP contribution in [0.4, 0.5) is 5.69 Å². The zero-order chi connectivity index (χ0) is 25.7. The van der Waals surface area contributed by atoms with Crippen LogP contribution in [-0.4, -0.2) is 21.1 Å². The number of anilines is 1. The Bertz CT molecular complexity index is 1340. The van der Waals surface area contributed by atoms with Crippen LogP contribution in [0.2, 0.25) is 5.02 Å². The van der Waals surface area contributed by atoms with Gasteiger partial charge in [-0.25, -0.2) is 0 Å². The fourth-order valence-electron chi connectivity index (χ4n) is 4.34. The molecule has 1 heterocycles. The largest absolute Gasteiger partial charge is 0.345 e. The first kappa shape index (κ1) is 26.0. The fraction of sp³-hybridized carbons (Fsp3) is 0.258. The molecule has 0 bridgehead atoms. The van der Waals surface area contributed by atoms with Crippen molar-refractivity contribution < 1.29 is 0 Å². The molecule has 3 nitrogen and oxygen atoms in total. The third-order valence-electron chi connectivity index (χ3n) is 6.74. The van der Waals surface area contributed by atoms with E-state index >= 15 is 0 Å². The van der Waals surface area contributed by atoms with E-state index in [0.29, 0.717) is 0 Å². The first-order valence-electron chi connectivity index (χ1n) is 12.4. The van der Waals surface area contributed by atoms with Crippen LogP contribution in [-0.2, 0) is 19.5 Å². The molecule has 0 saturated heterocycles. The van der Waals surface area contributed by atoms with E-state index in [-0.39, 0.29) is 0 Å². The second kappa shape index (κ2) is 11.8. The van der Waals surface area contributed by atoms with Crippen LogP contribution in [0.1, 0.15) is 39.1 Å². The third kappa shape index (κ3) is 6.77. The van der Waals surface area contributed by atoms with Crippen molar-refractivity contribution in [1.29, 1.82) is 0 Å². The van der Waals surface area contributed by atoms with Crippen molar-refractivity contribution in [1.82, 2.24) is 9.47 Å². The second-order valence-electron chi connectivity index (χ2n) is 9.58. The van der Waals surface area contributed by atoms with Crippen LogP contribution < -0.4 is 5.32 Å². The normalized spacial score (nSPS) is 10.9. The lowest BCUT2D eigenvalue weighted by Crippen LogP contribution is -2.36. The topological polar surface area (TPSA) is 20.2 Å². The molecule has 0 aliphatic rings. The number of benzene rings is 3. The third-order valence-corrected chi connectivity index (χ3v) is 7.36. The summed E-state index contributed by atoms with van der Waals surface area (Å²) in [5, 5.41) is 4.96. The molecule has 186 valence electrons. The van der Waals surface area contributed by atoms with Gasteiger partial charge in [-0.1, -0.05) is 53.6 Å². The predicted molar refractivity (Wildman–Crippen MR) is 157 cm³/mol. The smallest absolute Gasteiger partial charge is 0.173 e. The van der Waals surface area contributed by atoms with E-state index in [4.69, 9.17) is 23.8 Å². The molecule has 4 aromatic rings. The molecule has 0 aliphatic heterocycles. The highest BCUT2D eigenvalue weighted by atomic mass is 35.5. The molecular weight excluding hydrogens is 482 g/mol. The number of hydrogen-bond donors (Lipinski definition) is 1. The molecule has 4 rings (SSSR count). The summed E-state index contributed by atoms with van der Waals surface area (Å²) in [6.45, 7) is 10.9. The quantitative estimate of drug-likeness (QED) is 0.241. The Kier molecular flexibility index (Phi) is 8.50. The highest BCUT2D eigenvalue weighted by molar-refractivity contribution is 7.80. The number of halogens is 1. The number of thiocarbonyl (C=S) groups is 1. The summed E-state index contributed by atoms with van der Waals surface area (Å²) in [5.74, 6) is 0. The molecule has 36 heavy (non-hydrogen) atoms. The molecule has 0 spiro atoms. The van der Waals surface area contributed by atoms with E-state index in [1.54, 1.807) is 0 Å². The number of nitrogens with one attached hydrogen (secondary N) is 1. The van der Waals surface area contributed by atoms with Crippen LogP contribution in [0.5, 0.6) is 0 Å². The SMILES string of the molecule is Cc1ccc(Cn2cccc2CN(CCc2ccc(Cl)cc2)C(=S)Nc2ccc(C)c(C)c2)c(C)c1.